The molecule has 0 atom stereocenters. The van der Waals surface area contributed by atoms with Gasteiger partial charge in [0.1, 0.15) is 0 Å². The fraction of sp³-hybridized carbons (Fsp3) is 0.923. The van der Waals surface area contributed by atoms with E-state index in [1.807, 2.05) is 13.8 Å². The Morgan fingerprint density at radius 1 is 1.37 bits per heavy atom. The van der Waals surface area contributed by atoms with Crippen molar-refractivity contribution in [3.8, 4) is 0 Å². The zero-order chi connectivity index (χ0) is 13.6. The summed E-state index contributed by atoms with van der Waals surface area (Å²) in [4.78, 5) is 4.55. The maximum absolute atomic E-state index is 5.36. The Bertz CT molecular complexity index is 292. The molecule has 114 valence electrons. The van der Waals surface area contributed by atoms with Gasteiger partial charge in [-0.2, -0.15) is 0 Å². The lowest BCUT2D eigenvalue weighted by atomic mass is 9.89. The van der Waals surface area contributed by atoms with E-state index in [0.717, 1.165) is 32.3 Å². The van der Waals surface area contributed by atoms with Crippen molar-refractivity contribution < 1.29 is 9.47 Å². The number of nitrogens with zero attached hydrogens (tertiary/aromatic N) is 1. The normalized spacial score (nSPS) is 18.3. The van der Waals surface area contributed by atoms with Crippen molar-refractivity contribution in [1.29, 1.82) is 0 Å². The predicted octanol–water partition coefficient (Wildman–Crippen LogP) is 1.62. The molecule has 0 aliphatic carbocycles. The van der Waals surface area contributed by atoms with E-state index in [4.69, 9.17) is 9.47 Å². The molecule has 0 amide bonds. The SMILES string of the molecule is CCNC(=NCC(C)(C)OC)NCC1(C)COC1.I. The summed E-state index contributed by atoms with van der Waals surface area (Å²) in [6.07, 6.45) is 0. The number of hydrogen-bond acceptors (Lipinski definition) is 3. The zero-order valence-electron chi connectivity index (χ0n) is 12.7. The fourth-order valence-corrected chi connectivity index (χ4v) is 1.53. The molecule has 0 bridgehead atoms. The Morgan fingerprint density at radius 2 is 2.00 bits per heavy atom. The molecule has 0 aromatic rings. The van der Waals surface area contributed by atoms with Crippen LogP contribution in [-0.4, -0.2) is 51.5 Å². The maximum atomic E-state index is 5.36. The second-order valence-corrected chi connectivity index (χ2v) is 5.82. The van der Waals surface area contributed by atoms with Gasteiger partial charge in [-0.25, -0.2) is 0 Å². The highest BCUT2D eigenvalue weighted by molar-refractivity contribution is 14.0. The minimum Gasteiger partial charge on any atom is -0.380 e. The highest BCUT2D eigenvalue weighted by atomic mass is 127. The Kier molecular flexibility index (Phi) is 8.23. The third kappa shape index (κ3) is 6.76. The standard InChI is InChI=1S/C13H27N3O2.HI/c1-6-14-11(15-7-12(2,3)17-5)16-8-13(4)9-18-10-13;/h6-10H2,1-5H3,(H2,14,15,16);1H. The monoisotopic (exact) mass is 385 g/mol. The van der Waals surface area contributed by atoms with Crippen LogP contribution >= 0.6 is 24.0 Å². The number of aliphatic imine (C=N–C) groups is 1. The fourth-order valence-electron chi connectivity index (χ4n) is 1.53. The summed E-state index contributed by atoms with van der Waals surface area (Å²) in [7, 11) is 1.71. The van der Waals surface area contributed by atoms with E-state index in [-0.39, 0.29) is 35.0 Å². The summed E-state index contributed by atoms with van der Waals surface area (Å²) in [6.45, 7) is 12.3. The molecule has 1 rings (SSSR count). The first-order chi connectivity index (χ1) is 8.41. The van der Waals surface area contributed by atoms with E-state index in [0.29, 0.717) is 6.54 Å². The van der Waals surface area contributed by atoms with Gasteiger partial charge in [0.25, 0.3) is 0 Å². The molecule has 1 aliphatic heterocycles. The minimum atomic E-state index is -0.230. The lowest BCUT2D eigenvalue weighted by Crippen LogP contribution is -2.51. The smallest absolute Gasteiger partial charge is 0.191 e. The number of halogens is 1. The van der Waals surface area contributed by atoms with Crippen molar-refractivity contribution >= 4 is 29.9 Å². The average Bonchev–Trinajstić information content (AvgIpc) is 2.30. The van der Waals surface area contributed by atoms with Crippen molar-refractivity contribution in [3.63, 3.8) is 0 Å². The summed E-state index contributed by atoms with van der Waals surface area (Å²) in [6, 6.07) is 0. The van der Waals surface area contributed by atoms with Crippen LogP contribution in [0, 0.1) is 5.41 Å². The minimum absolute atomic E-state index is 0. The molecule has 1 aliphatic rings. The van der Waals surface area contributed by atoms with Gasteiger partial charge in [-0.05, 0) is 20.8 Å². The quantitative estimate of drug-likeness (QED) is 0.415. The van der Waals surface area contributed by atoms with Crippen LogP contribution in [0.5, 0.6) is 0 Å². The van der Waals surface area contributed by atoms with Crippen molar-refractivity contribution in [1.82, 2.24) is 10.6 Å². The van der Waals surface area contributed by atoms with E-state index >= 15 is 0 Å². The number of methoxy groups -OCH3 is 1. The van der Waals surface area contributed by atoms with Gasteiger partial charge in [0.2, 0.25) is 0 Å². The van der Waals surface area contributed by atoms with Gasteiger partial charge < -0.3 is 20.1 Å². The molecular weight excluding hydrogens is 357 g/mol. The Hall–Kier alpha value is -0.0800. The summed E-state index contributed by atoms with van der Waals surface area (Å²) in [5, 5.41) is 6.61. The van der Waals surface area contributed by atoms with E-state index in [9.17, 15) is 0 Å². The Balaban J connectivity index is 0.00000324. The molecule has 0 spiro atoms. The summed E-state index contributed by atoms with van der Waals surface area (Å²) in [5.41, 5.74) is 0.0127. The summed E-state index contributed by atoms with van der Waals surface area (Å²) < 4.78 is 10.6. The maximum Gasteiger partial charge on any atom is 0.191 e. The molecule has 19 heavy (non-hydrogen) atoms. The molecule has 0 aromatic heterocycles. The van der Waals surface area contributed by atoms with Crippen LogP contribution in [0.2, 0.25) is 0 Å². The van der Waals surface area contributed by atoms with Crippen LogP contribution < -0.4 is 10.6 Å². The molecule has 2 N–H and O–H groups in total. The van der Waals surface area contributed by atoms with Gasteiger partial charge in [-0.3, -0.25) is 4.99 Å². The van der Waals surface area contributed by atoms with E-state index in [2.05, 4.69) is 29.5 Å². The Morgan fingerprint density at radius 3 is 2.42 bits per heavy atom. The van der Waals surface area contributed by atoms with Gasteiger partial charge in [-0.1, -0.05) is 6.92 Å². The van der Waals surface area contributed by atoms with Crippen molar-refractivity contribution in [3.05, 3.63) is 0 Å². The molecule has 1 fully saturated rings. The number of rotatable bonds is 6. The van der Waals surface area contributed by atoms with Crippen LogP contribution in [0.1, 0.15) is 27.7 Å². The third-order valence-electron chi connectivity index (χ3n) is 3.10. The summed E-state index contributed by atoms with van der Waals surface area (Å²) in [5.74, 6) is 0.843. The van der Waals surface area contributed by atoms with Crippen LogP contribution in [-0.2, 0) is 9.47 Å². The number of guanidine groups is 1. The van der Waals surface area contributed by atoms with Gasteiger partial charge in [-0.15, -0.1) is 24.0 Å². The highest BCUT2D eigenvalue weighted by Gasteiger charge is 2.33. The lowest BCUT2D eigenvalue weighted by Gasteiger charge is -2.38. The molecule has 0 radical (unpaired) electrons. The molecule has 0 saturated carbocycles. The van der Waals surface area contributed by atoms with E-state index in [1.165, 1.54) is 0 Å². The number of ether oxygens (including phenoxy) is 2. The second kappa shape index (κ2) is 8.26. The predicted molar refractivity (Wildman–Crippen MR) is 89.4 cm³/mol. The molecule has 5 nitrogen and oxygen atoms in total. The average molecular weight is 385 g/mol. The second-order valence-electron chi connectivity index (χ2n) is 5.82. The van der Waals surface area contributed by atoms with Gasteiger partial charge in [0, 0.05) is 25.6 Å². The van der Waals surface area contributed by atoms with E-state index in [1.54, 1.807) is 7.11 Å². The van der Waals surface area contributed by atoms with Crippen LogP contribution in [0.4, 0.5) is 0 Å². The number of hydrogen-bond donors (Lipinski definition) is 2. The molecular formula is C13H28IN3O2. The molecule has 6 heteroatoms. The first-order valence-electron chi connectivity index (χ1n) is 6.56. The molecule has 0 unspecified atom stereocenters. The first-order valence-corrected chi connectivity index (χ1v) is 6.56. The molecule has 1 saturated heterocycles. The first kappa shape index (κ1) is 18.9. The highest BCUT2D eigenvalue weighted by Crippen LogP contribution is 2.24. The van der Waals surface area contributed by atoms with Gasteiger partial charge in [0.15, 0.2) is 5.96 Å². The van der Waals surface area contributed by atoms with Crippen LogP contribution in [0.25, 0.3) is 0 Å². The third-order valence-corrected chi connectivity index (χ3v) is 3.10. The number of nitrogens with one attached hydrogen (secondary N) is 2. The molecule has 0 aromatic carbocycles. The zero-order valence-corrected chi connectivity index (χ0v) is 15.0. The van der Waals surface area contributed by atoms with Gasteiger partial charge in [0.05, 0.1) is 25.4 Å². The topological polar surface area (TPSA) is 54.9 Å². The van der Waals surface area contributed by atoms with Crippen LogP contribution in [0.3, 0.4) is 0 Å². The van der Waals surface area contributed by atoms with Gasteiger partial charge >= 0.3 is 0 Å². The van der Waals surface area contributed by atoms with Crippen LogP contribution in [0.15, 0.2) is 4.99 Å². The van der Waals surface area contributed by atoms with Crippen molar-refractivity contribution in [2.45, 2.75) is 33.3 Å². The Labute approximate surface area is 133 Å². The van der Waals surface area contributed by atoms with E-state index < -0.39 is 0 Å². The lowest BCUT2D eigenvalue weighted by molar-refractivity contribution is -0.0971. The summed E-state index contributed by atoms with van der Waals surface area (Å²) >= 11 is 0. The van der Waals surface area contributed by atoms with Crippen molar-refractivity contribution in [2.75, 3.05) is 40.0 Å². The molecule has 1 heterocycles. The van der Waals surface area contributed by atoms with Crippen molar-refractivity contribution in [2.24, 2.45) is 10.4 Å². The largest absolute Gasteiger partial charge is 0.380 e.